The molecule has 1 saturated carbocycles. The maximum absolute atomic E-state index is 15.6. The van der Waals surface area contributed by atoms with Crippen LogP contribution in [0.3, 0.4) is 0 Å². The van der Waals surface area contributed by atoms with Crippen molar-refractivity contribution < 1.29 is 27.5 Å². The third-order valence-electron chi connectivity index (χ3n) is 7.55. The van der Waals surface area contributed by atoms with Gasteiger partial charge in [0.1, 0.15) is 12.0 Å². The Morgan fingerprint density at radius 2 is 2.03 bits per heavy atom. The number of nitrogens with one attached hydrogen (secondary N) is 1. The minimum atomic E-state index is -4.53. The third-order valence-corrected chi connectivity index (χ3v) is 7.55. The van der Waals surface area contributed by atoms with Gasteiger partial charge in [0.15, 0.2) is 11.6 Å². The van der Waals surface area contributed by atoms with E-state index < -0.39 is 35.2 Å². The number of β-amino-alcohol motifs (C(OH)–C–C–N with tert-alkyl or cyclic N) is 1. The molecule has 3 fully saturated rings. The lowest BCUT2D eigenvalue weighted by atomic mass is 9.93. The van der Waals surface area contributed by atoms with Crippen LogP contribution in [0.25, 0.3) is 0 Å². The van der Waals surface area contributed by atoms with Crippen LogP contribution in [-0.2, 0) is 16.5 Å². The van der Waals surface area contributed by atoms with Gasteiger partial charge in [-0.25, -0.2) is 9.97 Å². The normalized spacial score (nSPS) is 28.1. The molecule has 5 rings (SSSR count). The van der Waals surface area contributed by atoms with Crippen LogP contribution in [0, 0.1) is 17.7 Å². The molecule has 13 heteroatoms. The number of carbonyl (C=O) groups excluding carboxylic acids is 1. The van der Waals surface area contributed by atoms with Gasteiger partial charge in [-0.3, -0.25) is 14.7 Å². The van der Waals surface area contributed by atoms with Crippen molar-refractivity contribution in [3.05, 3.63) is 41.7 Å². The van der Waals surface area contributed by atoms with Gasteiger partial charge in [-0.05, 0) is 43.4 Å². The van der Waals surface area contributed by atoms with Crippen LogP contribution in [0.1, 0.15) is 30.5 Å². The van der Waals surface area contributed by atoms with E-state index in [2.05, 4.69) is 20.3 Å². The number of anilines is 2. The largest absolute Gasteiger partial charge is 0.433 e. The van der Waals surface area contributed by atoms with Gasteiger partial charge in [0.05, 0.1) is 18.2 Å². The summed E-state index contributed by atoms with van der Waals surface area (Å²) in [7, 11) is 0. The molecular formula is C23H27F4N7O2. The SMILES string of the molecule is NC(=O)CN1CC[C@H](CNc2ncnc(N3CC[C@@H]4C[C@@]43c3ccc(C(F)(F)F)nc3)c2F)[C@@H](O)C1. The van der Waals surface area contributed by atoms with E-state index in [1.165, 1.54) is 18.6 Å². The Balaban J connectivity index is 1.30. The molecule has 9 nitrogen and oxygen atoms in total. The molecule has 1 amide bonds. The topological polar surface area (TPSA) is 120 Å². The van der Waals surface area contributed by atoms with Crippen molar-refractivity contribution in [1.82, 2.24) is 19.9 Å². The van der Waals surface area contributed by atoms with Crippen molar-refractivity contribution in [1.29, 1.82) is 0 Å². The zero-order valence-electron chi connectivity index (χ0n) is 19.4. The number of carbonyl (C=O) groups is 1. The second-order valence-electron chi connectivity index (χ2n) is 9.75. The van der Waals surface area contributed by atoms with Crippen LogP contribution < -0.4 is 16.0 Å². The maximum Gasteiger partial charge on any atom is 0.433 e. The zero-order chi connectivity index (χ0) is 25.7. The van der Waals surface area contributed by atoms with Crippen molar-refractivity contribution in [2.75, 3.05) is 42.9 Å². The molecule has 4 atom stereocenters. The number of aromatic nitrogens is 3. The zero-order valence-corrected chi connectivity index (χ0v) is 19.4. The van der Waals surface area contributed by atoms with Crippen LogP contribution in [0.4, 0.5) is 29.2 Å². The summed E-state index contributed by atoms with van der Waals surface area (Å²) in [4.78, 5) is 26.5. The number of alkyl halides is 3. The number of likely N-dealkylation sites (tertiary alicyclic amines) is 1. The lowest BCUT2D eigenvalue weighted by molar-refractivity contribution is -0.141. The average molecular weight is 510 g/mol. The quantitative estimate of drug-likeness (QED) is 0.483. The Kier molecular flexibility index (Phi) is 6.23. The molecule has 2 aromatic heterocycles. The third kappa shape index (κ3) is 4.45. The molecule has 2 aliphatic heterocycles. The number of nitrogens with zero attached hydrogens (tertiary/aromatic N) is 5. The molecule has 4 heterocycles. The van der Waals surface area contributed by atoms with Gasteiger partial charge in [0, 0.05) is 31.7 Å². The first kappa shape index (κ1) is 24.6. The van der Waals surface area contributed by atoms with Gasteiger partial charge < -0.3 is 21.1 Å². The number of aliphatic hydroxyl groups is 1. The number of amides is 1. The van der Waals surface area contributed by atoms with Crippen molar-refractivity contribution in [2.24, 2.45) is 17.6 Å². The molecule has 0 radical (unpaired) electrons. The summed E-state index contributed by atoms with van der Waals surface area (Å²) < 4.78 is 54.4. The molecular weight excluding hydrogens is 482 g/mol. The van der Waals surface area contributed by atoms with Crippen LogP contribution in [0.15, 0.2) is 24.7 Å². The number of nitrogens with two attached hydrogens (primary N) is 1. The van der Waals surface area contributed by atoms with Crippen LogP contribution in [0.2, 0.25) is 0 Å². The summed E-state index contributed by atoms with van der Waals surface area (Å²) >= 11 is 0. The van der Waals surface area contributed by atoms with E-state index in [1.54, 1.807) is 9.80 Å². The number of halogens is 4. The average Bonchev–Trinajstić information content (AvgIpc) is 3.44. The van der Waals surface area contributed by atoms with Crippen LogP contribution in [0.5, 0.6) is 0 Å². The highest BCUT2D eigenvalue weighted by Crippen LogP contribution is 2.63. The fourth-order valence-corrected chi connectivity index (χ4v) is 5.64. The van der Waals surface area contributed by atoms with E-state index in [0.29, 0.717) is 38.0 Å². The van der Waals surface area contributed by atoms with Crippen LogP contribution >= 0.6 is 0 Å². The first-order valence-electron chi connectivity index (χ1n) is 11.8. The molecule has 1 aliphatic carbocycles. The first-order valence-corrected chi connectivity index (χ1v) is 11.8. The van der Waals surface area contributed by atoms with E-state index >= 15 is 4.39 Å². The van der Waals surface area contributed by atoms with E-state index in [4.69, 9.17) is 5.73 Å². The second-order valence-corrected chi connectivity index (χ2v) is 9.75. The molecule has 36 heavy (non-hydrogen) atoms. The highest BCUT2D eigenvalue weighted by Gasteiger charge is 2.64. The van der Waals surface area contributed by atoms with Crippen molar-refractivity contribution >= 4 is 17.5 Å². The minimum Gasteiger partial charge on any atom is -0.391 e. The minimum absolute atomic E-state index is 0.00319. The Morgan fingerprint density at radius 3 is 2.67 bits per heavy atom. The molecule has 0 aromatic carbocycles. The predicted molar refractivity (Wildman–Crippen MR) is 121 cm³/mol. The maximum atomic E-state index is 15.6. The second kappa shape index (κ2) is 9.11. The number of hydrogen-bond donors (Lipinski definition) is 3. The van der Waals surface area contributed by atoms with Gasteiger partial charge >= 0.3 is 6.18 Å². The fraction of sp³-hybridized carbons (Fsp3) is 0.565. The summed E-state index contributed by atoms with van der Waals surface area (Å²) in [5.41, 5.74) is 4.23. The predicted octanol–water partition coefficient (Wildman–Crippen LogP) is 1.73. The smallest absolute Gasteiger partial charge is 0.391 e. The van der Waals surface area contributed by atoms with E-state index in [0.717, 1.165) is 12.5 Å². The van der Waals surface area contributed by atoms with Gasteiger partial charge in [0.2, 0.25) is 11.7 Å². The number of fused-ring (bicyclic) bond motifs is 1. The summed E-state index contributed by atoms with van der Waals surface area (Å²) in [6.45, 7) is 1.74. The number of aliphatic hydroxyl groups excluding tert-OH is 1. The molecule has 2 aromatic rings. The molecule has 0 spiro atoms. The van der Waals surface area contributed by atoms with Gasteiger partial charge in [0.25, 0.3) is 0 Å². The molecule has 194 valence electrons. The molecule has 4 N–H and O–H groups in total. The van der Waals surface area contributed by atoms with Gasteiger partial charge in [-0.15, -0.1) is 0 Å². The van der Waals surface area contributed by atoms with Gasteiger partial charge in [-0.2, -0.15) is 17.6 Å². The number of primary amides is 1. The van der Waals surface area contributed by atoms with E-state index in [1.807, 2.05) is 0 Å². The van der Waals surface area contributed by atoms with E-state index in [9.17, 15) is 23.1 Å². The van der Waals surface area contributed by atoms with Crippen molar-refractivity contribution in [3.8, 4) is 0 Å². The Bertz CT molecular complexity index is 1130. The standard InChI is InChI=1S/C23H27F4N7O2/c24-19-20(30-8-13-3-5-33(10-16(13)35)11-18(28)36)31-12-32-21(19)34-6-4-14-7-22(14,34)15-1-2-17(29-9-15)23(25,26)27/h1-2,9,12-14,16,35H,3-8,10-11H2,(H2,28,36)(H,30,31,32)/t13-,14-,16+,22+/m1/s1. The number of pyridine rings is 1. The van der Waals surface area contributed by atoms with Crippen molar-refractivity contribution in [2.45, 2.75) is 37.1 Å². The Morgan fingerprint density at radius 1 is 1.22 bits per heavy atom. The first-order chi connectivity index (χ1) is 17.1. The van der Waals surface area contributed by atoms with Crippen molar-refractivity contribution in [3.63, 3.8) is 0 Å². The fourth-order valence-electron chi connectivity index (χ4n) is 5.64. The van der Waals surface area contributed by atoms with Crippen LogP contribution in [-0.4, -0.2) is 69.7 Å². The Labute approximate surface area is 204 Å². The molecule has 0 bridgehead atoms. The van der Waals surface area contributed by atoms with E-state index in [-0.39, 0.29) is 36.6 Å². The number of rotatable bonds is 7. The lowest BCUT2D eigenvalue weighted by Crippen LogP contribution is -2.48. The summed E-state index contributed by atoms with van der Waals surface area (Å²) in [6, 6.07) is 2.37. The number of piperidine rings is 2. The summed E-state index contributed by atoms with van der Waals surface area (Å²) in [5, 5.41) is 13.4. The Hall–Kier alpha value is -3.06. The highest BCUT2D eigenvalue weighted by atomic mass is 19.4. The lowest BCUT2D eigenvalue weighted by Gasteiger charge is -2.35. The molecule has 3 aliphatic rings. The summed E-state index contributed by atoms with van der Waals surface area (Å²) in [5.74, 6) is -1.01. The monoisotopic (exact) mass is 509 g/mol. The molecule has 2 saturated heterocycles. The highest BCUT2D eigenvalue weighted by molar-refractivity contribution is 5.75. The summed E-state index contributed by atoms with van der Waals surface area (Å²) in [6.07, 6.45) is -0.715. The number of hydrogen-bond acceptors (Lipinski definition) is 8. The molecule has 0 unspecified atom stereocenters. The van der Waals surface area contributed by atoms with Gasteiger partial charge in [-0.1, -0.05) is 6.07 Å².